The van der Waals surface area contributed by atoms with Crippen LogP contribution in [0.2, 0.25) is 0 Å². The van der Waals surface area contributed by atoms with Crippen molar-refractivity contribution in [1.82, 2.24) is 14.9 Å². The Hall–Kier alpha value is -1.93. The van der Waals surface area contributed by atoms with Crippen LogP contribution in [0.3, 0.4) is 0 Å². The van der Waals surface area contributed by atoms with E-state index in [1.807, 2.05) is 30.3 Å². The highest BCUT2D eigenvalue weighted by Crippen LogP contribution is 2.25. The third-order valence-electron chi connectivity index (χ3n) is 4.57. The zero-order chi connectivity index (χ0) is 17.7. The molecule has 0 unspecified atom stereocenters. The maximum Gasteiger partial charge on any atom is 0.263 e. The van der Waals surface area contributed by atoms with Gasteiger partial charge in [0.05, 0.1) is 5.75 Å². The van der Waals surface area contributed by atoms with Gasteiger partial charge in [-0.25, -0.2) is 13.1 Å². The lowest BCUT2D eigenvalue weighted by Crippen LogP contribution is -2.39. The first-order valence-corrected chi connectivity index (χ1v) is 10.3. The average Bonchev–Trinajstić information content (AvgIpc) is 3.11. The quantitative estimate of drug-likeness (QED) is 0.784. The smallest absolute Gasteiger partial charge is 0.263 e. The van der Waals surface area contributed by atoms with Crippen molar-refractivity contribution in [3.05, 3.63) is 30.3 Å². The van der Waals surface area contributed by atoms with Crippen LogP contribution in [0.25, 0.3) is 11.5 Å². The molecular formula is C17H24N4O3S. The fourth-order valence-electron chi connectivity index (χ4n) is 3.05. The second kappa shape index (κ2) is 7.97. The maximum atomic E-state index is 11.6. The first-order valence-electron chi connectivity index (χ1n) is 8.68. The minimum Gasteiger partial charge on any atom is -0.351 e. The van der Waals surface area contributed by atoms with E-state index in [1.165, 1.54) is 0 Å². The zero-order valence-electron chi connectivity index (χ0n) is 14.3. The van der Waals surface area contributed by atoms with Gasteiger partial charge in [-0.3, -0.25) is 0 Å². The summed E-state index contributed by atoms with van der Waals surface area (Å²) in [4.78, 5) is 4.36. The number of rotatable bonds is 7. The van der Waals surface area contributed by atoms with Crippen LogP contribution in [0.15, 0.2) is 34.9 Å². The molecule has 0 atom stereocenters. The van der Waals surface area contributed by atoms with Gasteiger partial charge in [0.1, 0.15) is 0 Å². The molecule has 0 amide bonds. The Labute approximate surface area is 148 Å². The van der Waals surface area contributed by atoms with Gasteiger partial charge in [0.15, 0.2) is 0 Å². The van der Waals surface area contributed by atoms with Gasteiger partial charge in [0, 0.05) is 18.2 Å². The number of hydrogen-bond donors (Lipinski definition) is 2. The van der Waals surface area contributed by atoms with Crippen molar-refractivity contribution < 1.29 is 12.9 Å². The van der Waals surface area contributed by atoms with Crippen molar-refractivity contribution in [1.29, 1.82) is 0 Å². The number of aromatic nitrogens is 2. The molecule has 1 aromatic heterocycles. The molecule has 136 valence electrons. The topological polar surface area (TPSA) is 97.1 Å². The number of hydrogen-bond acceptors (Lipinski definition) is 6. The summed E-state index contributed by atoms with van der Waals surface area (Å²) < 4.78 is 31.3. The van der Waals surface area contributed by atoms with Gasteiger partial charge in [0.2, 0.25) is 10.0 Å². The van der Waals surface area contributed by atoms with E-state index in [0.717, 1.165) is 37.8 Å². The fraction of sp³-hybridized carbons (Fsp3) is 0.529. The van der Waals surface area contributed by atoms with Crippen LogP contribution in [-0.4, -0.2) is 36.9 Å². The highest BCUT2D eigenvalue weighted by atomic mass is 32.2. The lowest BCUT2D eigenvalue weighted by atomic mass is 9.86. The number of benzene rings is 1. The molecule has 8 heteroatoms. The van der Waals surface area contributed by atoms with E-state index in [1.54, 1.807) is 6.92 Å². The Morgan fingerprint density at radius 1 is 1.16 bits per heavy atom. The lowest BCUT2D eigenvalue weighted by molar-refractivity contribution is 0.323. The molecule has 0 bridgehead atoms. The van der Waals surface area contributed by atoms with Crippen LogP contribution >= 0.6 is 0 Å². The summed E-state index contributed by atoms with van der Waals surface area (Å²) in [7, 11) is -3.11. The summed E-state index contributed by atoms with van der Waals surface area (Å²) in [6, 6.07) is 9.72. The van der Waals surface area contributed by atoms with Crippen LogP contribution < -0.4 is 10.0 Å². The van der Waals surface area contributed by atoms with Gasteiger partial charge in [-0.05, 0) is 55.8 Å². The fourth-order valence-corrected chi connectivity index (χ4v) is 3.96. The summed E-state index contributed by atoms with van der Waals surface area (Å²) in [5.74, 6) is 1.62. The summed E-state index contributed by atoms with van der Waals surface area (Å²) in [6.07, 6.45) is 3.70. The van der Waals surface area contributed by atoms with Crippen molar-refractivity contribution in [3.63, 3.8) is 0 Å². The Balaban J connectivity index is 1.45. The van der Waals surface area contributed by atoms with E-state index < -0.39 is 10.0 Å². The normalized spacial score (nSPS) is 21.2. The molecule has 25 heavy (non-hydrogen) atoms. The Kier molecular flexibility index (Phi) is 5.70. The lowest BCUT2D eigenvalue weighted by Gasteiger charge is -2.28. The SMILES string of the molecule is CCS(=O)(=O)N[C@H]1CC[C@H](CNc2noc(-c3ccccc3)n2)CC1. The molecule has 7 nitrogen and oxygen atoms in total. The molecule has 2 aromatic rings. The van der Waals surface area contributed by atoms with E-state index in [4.69, 9.17) is 4.52 Å². The van der Waals surface area contributed by atoms with Crippen molar-refractivity contribution in [2.24, 2.45) is 5.92 Å². The Bertz CT molecular complexity index is 768. The molecular weight excluding hydrogens is 340 g/mol. The van der Waals surface area contributed by atoms with Crippen molar-refractivity contribution in [2.45, 2.75) is 38.6 Å². The Morgan fingerprint density at radius 3 is 2.56 bits per heavy atom. The molecule has 0 aliphatic heterocycles. The molecule has 1 saturated carbocycles. The molecule has 1 aliphatic rings. The van der Waals surface area contributed by atoms with Gasteiger partial charge < -0.3 is 9.84 Å². The van der Waals surface area contributed by atoms with Gasteiger partial charge in [-0.2, -0.15) is 4.98 Å². The van der Waals surface area contributed by atoms with Crippen molar-refractivity contribution >= 4 is 16.0 Å². The van der Waals surface area contributed by atoms with Gasteiger partial charge >= 0.3 is 0 Å². The molecule has 0 radical (unpaired) electrons. The summed E-state index contributed by atoms with van der Waals surface area (Å²) >= 11 is 0. The van der Waals surface area contributed by atoms with Crippen LogP contribution in [0.5, 0.6) is 0 Å². The van der Waals surface area contributed by atoms with Crippen molar-refractivity contribution in [3.8, 4) is 11.5 Å². The average molecular weight is 364 g/mol. The van der Waals surface area contributed by atoms with Crippen LogP contribution in [-0.2, 0) is 10.0 Å². The Morgan fingerprint density at radius 2 is 1.88 bits per heavy atom. The molecule has 1 fully saturated rings. The van der Waals surface area contributed by atoms with Gasteiger partial charge in [-0.15, -0.1) is 0 Å². The van der Waals surface area contributed by atoms with Gasteiger partial charge in [-0.1, -0.05) is 18.2 Å². The van der Waals surface area contributed by atoms with E-state index in [9.17, 15) is 8.42 Å². The van der Waals surface area contributed by atoms with Gasteiger partial charge in [0.25, 0.3) is 11.8 Å². The maximum absolute atomic E-state index is 11.6. The van der Waals surface area contributed by atoms with Crippen LogP contribution in [0.4, 0.5) is 5.95 Å². The predicted octanol–water partition coefficient (Wildman–Crippen LogP) is 2.65. The summed E-state index contributed by atoms with van der Waals surface area (Å²) in [6.45, 7) is 2.42. The minimum absolute atomic E-state index is 0.0658. The summed E-state index contributed by atoms with van der Waals surface area (Å²) in [5, 5.41) is 7.19. The zero-order valence-corrected chi connectivity index (χ0v) is 15.1. The van der Waals surface area contributed by atoms with Crippen LogP contribution in [0.1, 0.15) is 32.6 Å². The van der Waals surface area contributed by atoms with Crippen molar-refractivity contribution in [2.75, 3.05) is 17.6 Å². The third-order valence-corrected chi connectivity index (χ3v) is 6.02. The molecule has 2 N–H and O–H groups in total. The number of anilines is 1. The molecule has 1 aliphatic carbocycles. The molecule has 3 rings (SSSR count). The summed E-state index contributed by atoms with van der Waals surface area (Å²) in [5.41, 5.74) is 0.895. The second-order valence-corrected chi connectivity index (χ2v) is 8.45. The molecule has 1 aromatic carbocycles. The molecule has 0 saturated heterocycles. The first kappa shape index (κ1) is 17.9. The van der Waals surface area contributed by atoms with E-state index in [-0.39, 0.29) is 11.8 Å². The minimum atomic E-state index is -3.11. The van der Waals surface area contributed by atoms with E-state index in [0.29, 0.717) is 17.8 Å². The second-order valence-electron chi connectivity index (χ2n) is 6.41. The largest absolute Gasteiger partial charge is 0.351 e. The van der Waals surface area contributed by atoms with Crippen LogP contribution in [0, 0.1) is 5.92 Å². The standard InChI is InChI=1S/C17H24N4O3S/c1-2-25(22,23)21-15-10-8-13(9-11-15)12-18-17-19-16(24-20-17)14-6-4-3-5-7-14/h3-7,13,15,21H,2,8-12H2,1H3,(H,18,20)/t13-,15-. The molecule has 1 heterocycles. The monoisotopic (exact) mass is 364 g/mol. The predicted molar refractivity (Wildman–Crippen MR) is 96.6 cm³/mol. The van der Waals surface area contributed by atoms with E-state index in [2.05, 4.69) is 20.2 Å². The number of nitrogens with one attached hydrogen (secondary N) is 2. The highest BCUT2D eigenvalue weighted by Gasteiger charge is 2.24. The molecule has 0 spiro atoms. The third kappa shape index (κ3) is 5.02. The number of nitrogens with zero attached hydrogens (tertiary/aromatic N) is 2. The number of sulfonamides is 1. The van der Waals surface area contributed by atoms with E-state index >= 15 is 0 Å². The highest BCUT2D eigenvalue weighted by molar-refractivity contribution is 7.89. The first-order chi connectivity index (χ1) is 12.1.